The lowest BCUT2D eigenvalue weighted by atomic mass is 10.2. The van der Waals surface area contributed by atoms with Gasteiger partial charge in [-0.3, -0.25) is 4.79 Å². The highest BCUT2D eigenvalue weighted by molar-refractivity contribution is 7.99. The van der Waals surface area contributed by atoms with Crippen molar-refractivity contribution in [2.75, 3.05) is 12.9 Å². The van der Waals surface area contributed by atoms with Gasteiger partial charge in [-0.25, -0.2) is 4.39 Å². The summed E-state index contributed by atoms with van der Waals surface area (Å²) in [5.41, 5.74) is 1.70. The first-order valence-electron chi connectivity index (χ1n) is 9.27. The van der Waals surface area contributed by atoms with Gasteiger partial charge in [0.2, 0.25) is 11.8 Å². The van der Waals surface area contributed by atoms with Gasteiger partial charge in [-0.05, 0) is 54.8 Å². The third kappa shape index (κ3) is 4.95. The summed E-state index contributed by atoms with van der Waals surface area (Å²) >= 11 is 1.21. The lowest BCUT2D eigenvalue weighted by molar-refractivity contribution is -0.129. The highest BCUT2D eigenvalue weighted by Gasteiger charge is 2.32. The number of rotatable bonds is 8. The van der Waals surface area contributed by atoms with Crippen LogP contribution in [0.2, 0.25) is 0 Å². The molecule has 3 aromatic rings. The lowest BCUT2D eigenvalue weighted by Gasteiger charge is -2.22. The molecule has 0 spiro atoms. The summed E-state index contributed by atoms with van der Waals surface area (Å²) in [6, 6.07) is 13.9. The fourth-order valence-corrected chi connectivity index (χ4v) is 3.57. The van der Waals surface area contributed by atoms with Gasteiger partial charge in [-0.1, -0.05) is 23.9 Å². The monoisotopic (exact) mass is 413 g/mol. The molecule has 6 nitrogen and oxygen atoms in total. The summed E-state index contributed by atoms with van der Waals surface area (Å²) in [5, 5.41) is 8.27. The molecule has 0 bridgehead atoms. The number of thioether (sulfide) groups is 1. The number of ether oxygens (including phenoxy) is 1. The van der Waals surface area contributed by atoms with Crippen LogP contribution in [0.3, 0.4) is 0 Å². The number of halogens is 1. The van der Waals surface area contributed by atoms with E-state index in [4.69, 9.17) is 9.15 Å². The molecular formula is C21H20FN3O3S. The van der Waals surface area contributed by atoms with Crippen LogP contribution in [0, 0.1) is 5.82 Å². The van der Waals surface area contributed by atoms with Gasteiger partial charge in [-0.15, -0.1) is 10.2 Å². The van der Waals surface area contributed by atoms with Crippen LogP contribution >= 0.6 is 11.8 Å². The second-order valence-corrected chi connectivity index (χ2v) is 7.70. The zero-order valence-corrected chi connectivity index (χ0v) is 16.7. The third-order valence-electron chi connectivity index (χ3n) is 4.64. The number of carbonyl (C=O) groups excluding carboxylic acids is 1. The van der Waals surface area contributed by atoms with E-state index in [2.05, 4.69) is 10.2 Å². The Morgan fingerprint density at radius 2 is 1.90 bits per heavy atom. The summed E-state index contributed by atoms with van der Waals surface area (Å²) in [4.78, 5) is 14.7. The van der Waals surface area contributed by atoms with E-state index in [-0.39, 0.29) is 17.5 Å². The van der Waals surface area contributed by atoms with Gasteiger partial charge in [-0.2, -0.15) is 0 Å². The normalized spacial score (nSPS) is 13.3. The van der Waals surface area contributed by atoms with Gasteiger partial charge in [0.25, 0.3) is 5.22 Å². The molecule has 0 saturated heterocycles. The standard InChI is InChI=1S/C21H20FN3O3S/c1-27-18-10-2-14(3-11-18)12-25(17-8-9-17)19(26)13-29-21-24-23-20(28-21)15-4-6-16(22)7-5-15/h2-7,10-11,17H,8-9,12-13H2,1H3. The van der Waals surface area contributed by atoms with Crippen LogP contribution in [0.1, 0.15) is 18.4 Å². The molecule has 0 unspecified atom stereocenters. The van der Waals surface area contributed by atoms with Crippen molar-refractivity contribution >= 4 is 17.7 Å². The number of nitrogens with zero attached hydrogens (tertiary/aromatic N) is 3. The smallest absolute Gasteiger partial charge is 0.277 e. The maximum absolute atomic E-state index is 13.0. The third-order valence-corrected chi connectivity index (χ3v) is 5.44. The second-order valence-electron chi connectivity index (χ2n) is 6.77. The van der Waals surface area contributed by atoms with Crippen molar-refractivity contribution in [2.24, 2.45) is 0 Å². The number of hydrogen-bond acceptors (Lipinski definition) is 6. The molecular weight excluding hydrogens is 393 g/mol. The van der Waals surface area contributed by atoms with Crippen molar-refractivity contribution in [1.82, 2.24) is 15.1 Å². The number of methoxy groups -OCH3 is 1. The number of benzene rings is 2. The number of aromatic nitrogens is 2. The van der Waals surface area contributed by atoms with Crippen molar-refractivity contribution in [2.45, 2.75) is 30.7 Å². The quantitative estimate of drug-likeness (QED) is 0.517. The maximum Gasteiger partial charge on any atom is 0.277 e. The first-order chi connectivity index (χ1) is 14.1. The molecule has 2 aromatic carbocycles. The molecule has 1 aliphatic carbocycles. The van der Waals surface area contributed by atoms with E-state index < -0.39 is 0 Å². The molecule has 0 atom stereocenters. The fourth-order valence-electron chi connectivity index (χ4n) is 2.92. The van der Waals surface area contributed by atoms with Gasteiger partial charge in [0.1, 0.15) is 11.6 Å². The Kier molecular flexibility index (Phi) is 5.80. The van der Waals surface area contributed by atoms with E-state index in [1.54, 1.807) is 19.2 Å². The fraction of sp³-hybridized carbons (Fsp3) is 0.286. The molecule has 8 heteroatoms. The molecule has 0 aliphatic heterocycles. The number of hydrogen-bond donors (Lipinski definition) is 0. The topological polar surface area (TPSA) is 68.5 Å². The molecule has 1 heterocycles. The van der Waals surface area contributed by atoms with Crippen LogP contribution in [-0.2, 0) is 11.3 Å². The van der Waals surface area contributed by atoms with Crippen LogP contribution in [0.15, 0.2) is 58.2 Å². The van der Waals surface area contributed by atoms with Crippen LogP contribution in [0.5, 0.6) is 5.75 Å². The molecule has 1 amide bonds. The van der Waals surface area contributed by atoms with Crippen LogP contribution in [-0.4, -0.2) is 39.9 Å². The van der Waals surface area contributed by atoms with E-state index >= 15 is 0 Å². The van der Waals surface area contributed by atoms with Crippen molar-refractivity contribution < 1.29 is 18.3 Å². The highest BCUT2D eigenvalue weighted by atomic mass is 32.2. The SMILES string of the molecule is COc1ccc(CN(C(=O)CSc2nnc(-c3ccc(F)cc3)o2)C2CC2)cc1. The van der Waals surface area contributed by atoms with E-state index in [9.17, 15) is 9.18 Å². The Hall–Kier alpha value is -2.87. The predicted octanol–water partition coefficient (Wildman–Crippen LogP) is 4.17. The van der Waals surface area contributed by atoms with E-state index in [0.29, 0.717) is 29.3 Å². The van der Waals surface area contributed by atoms with Gasteiger partial charge < -0.3 is 14.1 Å². The Morgan fingerprint density at radius 3 is 2.55 bits per heavy atom. The molecule has 1 saturated carbocycles. The summed E-state index contributed by atoms with van der Waals surface area (Å²) < 4.78 is 23.8. The number of carbonyl (C=O) groups is 1. The van der Waals surface area contributed by atoms with E-state index in [0.717, 1.165) is 24.2 Å². The van der Waals surface area contributed by atoms with Gasteiger partial charge in [0.15, 0.2) is 0 Å². The molecule has 0 radical (unpaired) electrons. The maximum atomic E-state index is 13.0. The summed E-state index contributed by atoms with van der Waals surface area (Å²) in [5.74, 6) is 1.03. The molecule has 4 rings (SSSR count). The molecule has 0 N–H and O–H groups in total. The Morgan fingerprint density at radius 1 is 1.17 bits per heavy atom. The molecule has 150 valence electrons. The van der Waals surface area contributed by atoms with Crippen LogP contribution in [0.25, 0.3) is 11.5 Å². The Balaban J connectivity index is 1.36. The highest BCUT2D eigenvalue weighted by Crippen LogP contribution is 2.30. The Labute approximate surface area is 172 Å². The minimum atomic E-state index is -0.328. The average molecular weight is 413 g/mol. The molecule has 29 heavy (non-hydrogen) atoms. The average Bonchev–Trinajstić information content (AvgIpc) is 3.48. The van der Waals surface area contributed by atoms with Gasteiger partial charge in [0.05, 0.1) is 12.9 Å². The molecule has 1 aliphatic rings. The summed E-state index contributed by atoms with van der Waals surface area (Å²) in [7, 11) is 1.63. The predicted molar refractivity (Wildman–Crippen MR) is 107 cm³/mol. The first-order valence-corrected chi connectivity index (χ1v) is 10.3. The van der Waals surface area contributed by atoms with Crippen molar-refractivity contribution in [3.8, 4) is 17.2 Å². The van der Waals surface area contributed by atoms with E-state index in [1.165, 1.54) is 23.9 Å². The molecule has 1 aromatic heterocycles. The van der Waals surface area contributed by atoms with Crippen molar-refractivity contribution in [3.63, 3.8) is 0 Å². The largest absolute Gasteiger partial charge is 0.497 e. The Bertz CT molecular complexity index is 972. The lowest BCUT2D eigenvalue weighted by Crippen LogP contribution is -2.33. The summed E-state index contributed by atoms with van der Waals surface area (Å²) in [6.07, 6.45) is 2.06. The van der Waals surface area contributed by atoms with Crippen molar-refractivity contribution in [3.05, 3.63) is 59.9 Å². The van der Waals surface area contributed by atoms with E-state index in [1.807, 2.05) is 29.2 Å². The summed E-state index contributed by atoms with van der Waals surface area (Å²) in [6.45, 7) is 0.568. The second kappa shape index (κ2) is 8.65. The van der Waals surface area contributed by atoms with Crippen molar-refractivity contribution in [1.29, 1.82) is 0 Å². The van der Waals surface area contributed by atoms with Gasteiger partial charge >= 0.3 is 0 Å². The first kappa shape index (κ1) is 19.4. The van der Waals surface area contributed by atoms with Crippen LogP contribution < -0.4 is 4.74 Å². The van der Waals surface area contributed by atoms with Gasteiger partial charge in [0, 0.05) is 18.2 Å². The minimum absolute atomic E-state index is 0.0369. The van der Waals surface area contributed by atoms with Crippen LogP contribution in [0.4, 0.5) is 4.39 Å². The zero-order chi connectivity index (χ0) is 20.2. The number of amides is 1. The minimum Gasteiger partial charge on any atom is -0.497 e. The zero-order valence-electron chi connectivity index (χ0n) is 15.9. The molecule has 1 fully saturated rings.